The van der Waals surface area contributed by atoms with Crippen molar-refractivity contribution in [1.29, 1.82) is 0 Å². The van der Waals surface area contributed by atoms with Crippen molar-refractivity contribution in [3.63, 3.8) is 0 Å². The molecule has 0 aliphatic carbocycles. The van der Waals surface area contributed by atoms with Crippen molar-refractivity contribution in [2.24, 2.45) is 0 Å². The Morgan fingerprint density at radius 3 is 2.23 bits per heavy atom. The van der Waals surface area contributed by atoms with Crippen molar-refractivity contribution in [2.45, 2.75) is 31.0 Å². The van der Waals surface area contributed by atoms with E-state index in [2.05, 4.69) is 15.9 Å². The normalized spacial score (nSPS) is 19.7. The van der Waals surface area contributed by atoms with Gasteiger partial charge in [-0.05, 0) is 26.2 Å². The van der Waals surface area contributed by atoms with Crippen molar-refractivity contribution in [3.8, 4) is 0 Å². The quantitative estimate of drug-likeness (QED) is 0.546. The van der Waals surface area contributed by atoms with E-state index in [9.17, 15) is 9.59 Å². The average molecular weight is 248 g/mol. The summed E-state index contributed by atoms with van der Waals surface area (Å²) in [5.41, 5.74) is 0. The number of halogens is 1. The molecule has 0 aromatic heterocycles. The zero-order valence-corrected chi connectivity index (χ0v) is 9.34. The van der Waals surface area contributed by atoms with Crippen LogP contribution in [0.25, 0.3) is 0 Å². The number of hydrogen-bond donors (Lipinski definition) is 0. The lowest BCUT2D eigenvalue weighted by molar-refractivity contribution is -0.134. The summed E-state index contributed by atoms with van der Waals surface area (Å²) < 4.78 is 0. The first-order valence-electron chi connectivity index (χ1n) is 4.56. The molecule has 0 saturated carbocycles. The molecule has 13 heavy (non-hydrogen) atoms. The van der Waals surface area contributed by atoms with Gasteiger partial charge in [-0.25, -0.2) is 0 Å². The SMILES string of the molecule is CC(=O)C(Br)C(=O)N1CCCCC1. The van der Waals surface area contributed by atoms with Gasteiger partial charge in [-0.2, -0.15) is 0 Å². The zero-order valence-electron chi connectivity index (χ0n) is 7.75. The van der Waals surface area contributed by atoms with Crippen LogP contribution in [-0.2, 0) is 9.59 Å². The number of carbonyl (C=O) groups excluding carboxylic acids is 2. The number of piperidine rings is 1. The second-order valence-electron chi connectivity index (χ2n) is 3.36. The second kappa shape index (κ2) is 4.74. The predicted molar refractivity (Wildman–Crippen MR) is 53.8 cm³/mol. The molecule has 1 unspecified atom stereocenters. The van der Waals surface area contributed by atoms with E-state index in [-0.39, 0.29) is 11.7 Å². The highest BCUT2D eigenvalue weighted by atomic mass is 79.9. The number of alkyl halides is 1. The molecule has 3 nitrogen and oxygen atoms in total. The van der Waals surface area contributed by atoms with Crippen molar-refractivity contribution >= 4 is 27.6 Å². The molecule has 1 saturated heterocycles. The first-order valence-corrected chi connectivity index (χ1v) is 5.48. The van der Waals surface area contributed by atoms with Gasteiger partial charge in [0, 0.05) is 13.1 Å². The Morgan fingerprint density at radius 1 is 1.23 bits per heavy atom. The van der Waals surface area contributed by atoms with Gasteiger partial charge in [0.05, 0.1) is 0 Å². The van der Waals surface area contributed by atoms with Crippen LogP contribution in [0.2, 0.25) is 0 Å². The number of rotatable bonds is 2. The van der Waals surface area contributed by atoms with Gasteiger partial charge in [0.25, 0.3) is 0 Å². The predicted octanol–water partition coefficient (Wildman–Crippen LogP) is 1.35. The standard InChI is InChI=1S/C9H14BrNO2/c1-7(12)8(10)9(13)11-5-3-2-4-6-11/h8H,2-6H2,1H3. The molecule has 1 rings (SSSR count). The molecule has 0 N–H and O–H groups in total. The van der Waals surface area contributed by atoms with Crippen LogP contribution in [0.4, 0.5) is 0 Å². The molecular weight excluding hydrogens is 234 g/mol. The molecule has 1 fully saturated rings. The topological polar surface area (TPSA) is 37.4 Å². The van der Waals surface area contributed by atoms with E-state index in [4.69, 9.17) is 0 Å². The van der Waals surface area contributed by atoms with Gasteiger partial charge in [-0.3, -0.25) is 9.59 Å². The molecule has 0 radical (unpaired) electrons. The van der Waals surface area contributed by atoms with Gasteiger partial charge in [0.15, 0.2) is 10.6 Å². The summed E-state index contributed by atoms with van der Waals surface area (Å²) in [6.07, 6.45) is 3.31. The molecule has 1 aliphatic heterocycles. The van der Waals surface area contributed by atoms with Crippen molar-refractivity contribution in [1.82, 2.24) is 4.90 Å². The molecule has 0 aromatic rings. The lowest BCUT2D eigenvalue weighted by atomic mass is 10.1. The van der Waals surface area contributed by atoms with E-state index >= 15 is 0 Å². The Bertz CT molecular complexity index is 212. The number of hydrogen-bond acceptors (Lipinski definition) is 2. The first kappa shape index (κ1) is 10.7. The van der Waals surface area contributed by atoms with Gasteiger partial charge >= 0.3 is 0 Å². The first-order chi connectivity index (χ1) is 6.13. The zero-order chi connectivity index (χ0) is 9.84. The molecule has 4 heteroatoms. The van der Waals surface area contributed by atoms with E-state index in [1.165, 1.54) is 13.3 Å². The lowest BCUT2D eigenvalue weighted by Gasteiger charge is -2.27. The van der Waals surface area contributed by atoms with E-state index in [0.717, 1.165) is 25.9 Å². The highest BCUT2D eigenvalue weighted by Crippen LogP contribution is 2.13. The number of ketones is 1. The summed E-state index contributed by atoms with van der Waals surface area (Å²) >= 11 is 3.10. The van der Waals surface area contributed by atoms with Crippen LogP contribution in [0.15, 0.2) is 0 Å². The van der Waals surface area contributed by atoms with Crippen LogP contribution in [0.3, 0.4) is 0 Å². The van der Waals surface area contributed by atoms with E-state index < -0.39 is 4.83 Å². The van der Waals surface area contributed by atoms with Crippen LogP contribution in [0.5, 0.6) is 0 Å². The summed E-state index contributed by atoms with van der Waals surface area (Å²) in [6, 6.07) is 0. The number of amides is 1. The maximum Gasteiger partial charge on any atom is 0.243 e. The largest absolute Gasteiger partial charge is 0.341 e. The maximum absolute atomic E-state index is 11.6. The second-order valence-corrected chi connectivity index (χ2v) is 4.27. The Hall–Kier alpha value is -0.380. The minimum atomic E-state index is -0.634. The van der Waals surface area contributed by atoms with Crippen molar-refractivity contribution < 1.29 is 9.59 Å². The van der Waals surface area contributed by atoms with Crippen LogP contribution in [-0.4, -0.2) is 34.5 Å². The van der Waals surface area contributed by atoms with Crippen LogP contribution in [0.1, 0.15) is 26.2 Å². The minimum Gasteiger partial charge on any atom is -0.341 e. The summed E-state index contributed by atoms with van der Waals surface area (Å²) in [6.45, 7) is 3.03. The monoisotopic (exact) mass is 247 g/mol. The number of Topliss-reactive ketones (excluding diaryl/α,β-unsaturated/α-hetero) is 1. The fraction of sp³-hybridized carbons (Fsp3) is 0.778. The molecule has 1 atom stereocenters. The molecule has 74 valence electrons. The Balaban J connectivity index is 2.50. The molecule has 1 aliphatic rings. The minimum absolute atomic E-state index is 0.0767. The summed E-state index contributed by atoms with van der Waals surface area (Å²) in [7, 11) is 0. The van der Waals surface area contributed by atoms with Gasteiger partial charge in [-0.1, -0.05) is 15.9 Å². The Kier molecular flexibility index (Phi) is 3.90. The number of likely N-dealkylation sites (tertiary alicyclic amines) is 1. The smallest absolute Gasteiger partial charge is 0.243 e. The highest BCUT2D eigenvalue weighted by molar-refractivity contribution is 9.10. The number of nitrogens with zero attached hydrogens (tertiary/aromatic N) is 1. The Labute approximate surface area is 86.6 Å². The van der Waals surface area contributed by atoms with Gasteiger partial charge in [0.1, 0.15) is 0 Å². The molecule has 0 bridgehead atoms. The molecule has 0 aromatic carbocycles. The molecule has 1 heterocycles. The van der Waals surface area contributed by atoms with Crippen molar-refractivity contribution in [3.05, 3.63) is 0 Å². The average Bonchev–Trinajstić information content (AvgIpc) is 2.17. The summed E-state index contributed by atoms with van der Waals surface area (Å²) in [4.78, 5) is 23.7. The third-order valence-corrected chi connectivity index (χ3v) is 3.28. The van der Waals surface area contributed by atoms with Crippen LogP contribution < -0.4 is 0 Å². The maximum atomic E-state index is 11.6. The van der Waals surface area contributed by atoms with Gasteiger partial charge < -0.3 is 4.90 Å². The number of carbonyl (C=O) groups is 2. The van der Waals surface area contributed by atoms with E-state index in [1.54, 1.807) is 4.90 Å². The van der Waals surface area contributed by atoms with Crippen LogP contribution >= 0.6 is 15.9 Å². The Morgan fingerprint density at radius 2 is 1.77 bits per heavy atom. The summed E-state index contributed by atoms with van der Waals surface area (Å²) in [5, 5.41) is 0. The lowest BCUT2D eigenvalue weighted by Crippen LogP contribution is -2.42. The molecular formula is C9H14BrNO2. The summed E-state index contributed by atoms with van der Waals surface area (Å²) in [5.74, 6) is -0.192. The third-order valence-electron chi connectivity index (χ3n) is 2.24. The van der Waals surface area contributed by atoms with E-state index in [0.29, 0.717) is 0 Å². The van der Waals surface area contributed by atoms with Crippen molar-refractivity contribution in [2.75, 3.05) is 13.1 Å². The fourth-order valence-corrected chi connectivity index (χ4v) is 1.74. The molecule has 1 amide bonds. The van der Waals surface area contributed by atoms with Gasteiger partial charge in [0.2, 0.25) is 5.91 Å². The van der Waals surface area contributed by atoms with E-state index in [1.807, 2.05) is 0 Å². The van der Waals surface area contributed by atoms with Crippen LogP contribution in [0, 0.1) is 0 Å². The molecule has 0 spiro atoms. The highest BCUT2D eigenvalue weighted by Gasteiger charge is 2.26. The van der Waals surface area contributed by atoms with Gasteiger partial charge in [-0.15, -0.1) is 0 Å². The fourth-order valence-electron chi connectivity index (χ4n) is 1.45. The third kappa shape index (κ3) is 2.79.